The molecule has 0 aliphatic carbocycles. The van der Waals surface area contributed by atoms with E-state index in [0.29, 0.717) is 45.6 Å². The molecule has 1 saturated heterocycles. The smallest absolute Gasteiger partial charge is 0.263 e. The van der Waals surface area contributed by atoms with Crippen LogP contribution in [0.25, 0.3) is 0 Å². The number of hydrogen-bond acceptors (Lipinski definition) is 4. The van der Waals surface area contributed by atoms with E-state index in [1.54, 1.807) is 16.4 Å². The van der Waals surface area contributed by atoms with Gasteiger partial charge < -0.3 is 19.5 Å². The third-order valence-electron chi connectivity index (χ3n) is 6.14. The van der Waals surface area contributed by atoms with Crippen LogP contribution in [0.5, 0.6) is 0 Å². The van der Waals surface area contributed by atoms with Gasteiger partial charge >= 0.3 is 0 Å². The number of aromatic nitrogens is 1. The molecular formula is C24H29N3O4. The maximum Gasteiger partial charge on any atom is 0.263 e. The van der Waals surface area contributed by atoms with Gasteiger partial charge in [0.2, 0.25) is 5.91 Å². The van der Waals surface area contributed by atoms with Crippen LogP contribution in [-0.2, 0) is 35.5 Å². The van der Waals surface area contributed by atoms with Gasteiger partial charge in [-0.1, -0.05) is 30.3 Å². The van der Waals surface area contributed by atoms with Gasteiger partial charge in [-0.05, 0) is 42.4 Å². The van der Waals surface area contributed by atoms with Crippen LogP contribution < -0.4 is 10.9 Å². The molecular weight excluding hydrogens is 394 g/mol. The molecule has 31 heavy (non-hydrogen) atoms. The van der Waals surface area contributed by atoms with Crippen molar-refractivity contribution in [1.29, 1.82) is 0 Å². The Kier molecular flexibility index (Phi) is 6.51. The van der Waals surface area contributed by atoms with Crippen molar-refractivity contribution in [3.8, 4) is 0 Å². The molecule has 164 valence electrons. The molecule has 0 bridgehead atoms. The van der Waals surface area contributed by atoms with Crippen LogP contribution in [0.1, 0.15) is 46.8 Å². The number of ether oxygens (including phenoxy) is 1. The second kappa shape index (κ2) is 9.47. The Morgan fingerprint density at radius 3 is 2.74 bits per heavy atom. The Bertz CT molecular complexity index is 1010. The topological polar surface area (TPSA) is 80.6 Å². The fourth-order valence-corrected chi connectivity index (χ4v) is 4.37. The Balaban J connectivity index is 1.62. The first kappa shape index (κ1) is 21.3. The van der Waals surface area contributed by atoms with Crippen LogP contribution in [-0.4, -0.2) is 47.1 Å². The first-order valence-corrected chi connectivity index (χ1v) is 11.0. The van der Waals surface area contributed by atoms with Gasteiger partial charge in [-0.2, -0.15) is 0 Å². The Morgan fingerprint density at radius 2 is 2.03 bits per heavy atom. The molecule has 7 nitrogen and oxygen atoms in total. The Labute approximate surface area is 182 Å². The molecule has 2 aromatic rings. The average molecular weight is 424 g/mol. The van der Waals surface area contributed by atoms with Gasteiger partial charge in [0.25, 0.3) is 11.5 Å². The third-order valence-corrected chi connectivity index (χ3v) is 6.14. The van der Waals surface area contributed by atoms with Crippen LogP contribution in [0.3, 0.4) is 0 Å². The summed E-state index contributed by atoms with van der Waals surface area (Å²) in [5.74, 6) is -0.348. The van der Waals surface area contributed by atoms with Crippen LogP contribution in [0, 0.1) is 0 Å². The monoisotopic (exact) mass is 423 g/mol. The minimum absolute atomic E-state index is 0.00271. The summed E-state index contributed by atoms with van der Waals surface area (Å²) in [5, 5.41) is 2.91. The maximum absolute atomic E-state index is 13.3. The van der Waals surface area contributed by atoms with Crippen LogP contribution in [0.4, 0.5) is 0 Å². The van der Waals surface area contributed by atoms with E-state index >= 15 is 0 Å². The lowest BCUT2D eigenvalue weighted by Crippen LogP contribution is -2.42. The number of carbonyl (C=O) groups is 2. The van der Waals surface area contributed by atoms with Crippen molar-refractivity contribution >= 4 is 11.8 Å². The van der Waals surface area contributed by atoms with Crippen molar-refractivity contribution in [3.05, 3.63) is 69.1 Å². The number of pyridine rings is 1. The van der Waals surface area contributed by atoms with E-state index in [4.69, 9.17) is 4.74 Å². The second-order valence-corrected chi connectivity index (χ2v) is 8.28. The lowest BCUT2D eigenvalue weighted by molar-refractivity contribution is -0.129. The molecule has 2 aliphatic rings. The number of hydrogen-bond donors (Lipinski definition) is 1. The number of rotatable bonds is 6. The summed E-state index contributed by atoms with van der Waals surface area (Å²) in [4.78, 5) is 40.0. The highest BCUT2D eigenvalue weighted by molar-refractivity contribution is 5.95. The molecule has 1 N–H and O–H groups in total. The molecule has 7 heteroatoms. The summed E-state index contributed by atoms with van der Waals surface area (Å²) < 4.78 is 7.21. The highest BCUT2D eigenvalue weighted by atomic mass is 16.5. The summed E-state index contributed by atoms with van der Waals surface area (Å²) in [6.07, 6.45) is 4.94. The molecule has 0 radical (unpaired) electrons. The maximum atomic E-state index is 13.3. The fourth-order valence-electron chi connectivity index (χ4n) is 4.37. The van der Waals surface area contributed by atoms with Gasteiger partial charge in [0, 0.05) is 45.9 Å². The molecule has 1 atom stereocenters. The predicted molar refractivity (Wildman–Crippen MR) is 117 cm³/mol. The van der Waals surface area contributed by atoms with E-state index in [1.165, 1.54) is 0 Å². The van der Waals surface area contributed by atoms with E-state index in [-0.39, 0.29) is 29.0 Å². The molecule has 2 aliphatic heterocycles. The highest BCUT2D eigenvalue weighted by Gasteiger charge is 2.27. The molecule has 1 unspecified atom stereocenters. The Hall–Kier alpha value is -2.93. The summed E-state index contributed by atoms with van der Waals surface area (Å²) >= 11 is 0. The first-order chi connectivity index (χ1) is 15.0. The van der Waals surface area contributed by atoms with Crippen molar-refractivity contribution in [3.63, 3.8) is 0 Å². The molecule has 0 spiro atoms. The van der Waals surface area contributed by atoms with Gasteiger partial charge in [-0.25, -0.2) is 0 Å². The number of amides is 2. The zero-order chi connectivity index (χ0) is 21.8. The SMILES string of the molecule is CC(=O)N1CCc2c(cn(CCc3ccccc3)c(=O)c2C(=O)NCC2CCCO2)C1. The summed E-state index contributed by atoms with van der Waals surface area (Å²) in [6, 6.07) is 9.95. The molecule has 1 aromatic carbocycles. The van der Waals surface area contributed by atoms with E-state index in [0.717, 1.165) is 29.5 Å². The van der Waals surface area contributed by atoms with Crippen molar-refractivity contribution in [2.24, 2.45) is 0 Å². The molecule has 0 saturated carbocycles. The van der Waals surface area contributed by atoms with Crippen molar-refractivity contribution in [2.75, 3.05) is 19.7 Å². The normalized spacial score (nSPS) is 18.0. The van der Waals surface area contributed by atoms with E-state index in [9.17, 15) is 14.4 Å². The van der Waals surface area contributed by atoms with Crippen molar-refractivity contribution in [1.82, 2.24) is 14.8 Å². The van der Waals surface area contributed by atoms with Gasteiger partial charge in [0.1, 0.15) is 5.56 Å². The van der Waals surface area contributed by atoms with Crippen LogP contribution in [0.2, 0.25) is 0 Å². The van der Waals surface area contributed by atoms with Crippen LogP contribution >= 0.6 is 0 Å². The van der Waals surface area contributed by atoms with E-state index < -0.39 is 0 Å². The molecule has 1 aromatic heterocycles. The molecule has 1 fully saturated rings. The number of nitrogens with zero attached hydrogens (tertiary/aromatic N) is 2. The number of nitrogens with one attached hydrogen (secondary N) is 1. The lowest BCUT2D eigenvalue weighted by Gasteiger charge is -2.29. The summed E-state index contributed by atoms with van der Waals surface area (Å²) in [6.45, 7) is 4.08. The van der Waals surface area contributed by atoms with Gasteiger partial charge in [-0.3, -0.25) is 14.4 Å². The third kappa shape index (κ3) is 4.88. The lowest BCUT2D eigenvalue weighted by atomic mass is 9.95. The number of fused-ring (bicyclic) bond motifs is 1. The largest absolute Gasteiger partial charge is 0.376 e. The molecule has 3 heterocycles. The minimum atomic E-state index is -0.345. The van der Waals surface area contributed by atoms with Crippen molar-refractivity contribution < 1.29 is 14.3 Å². The highest BCUT2D eigenvalue weighted by Crippen LogP contribution is 2.21. The second-order valence-electron chi connectivity index (χ2n) is 8.28. The van der Waals surface area contributed by atoms with Gasteiger partial charge in [0.15, 0.2) is 0 Å². The summed E-state index contributed by atoms with van der Waals surface area (Å²) in [7, 11) is 0. The molecule has 2 amide bonds. The van der Waals surface area contributed by atoms with E-state index in [2.05, 4.69) is 5.32 Å². The van der Waals surface area contributed by atoms with E-state index in [1.807, 2.05) is 36.5 Å². The quantitative estimate of drug-likeness (QED) is 0.770. The summed E-state index contributed by atoms with van der Waals surface area (Å²) in [5.41, 5.74) is 2.71. The van der Waals surface area contributed by atoms with Gasteiger partial charge in [-0.15, -0.1) is 0 Å². The zero-order valence-corrected chi connectivity index (χ0v) is 17.9. The first-order valence-electron chi connectivity index (χ1n) is 11.0. The molecule has 4 rings (SSSR count). The predicted octanol–water partition coefficient (Wildman–Crippen LogP) is 1.90. The van der Waals surface area contributed by atoms with Crippen molar-refractivity contribution in [2.45, 2.75) is 51.8 Å². The Morgan fingerprint density at radius 1 is 1.23 bits per heavy atom. The number of carbonyl (C=O) groups excluding carboxylic acids is 2. The van der Waals surface area contributed by atoms with Gasteiger partial charge in [0.05, 0.1) is 6.10 Å². The number of benzene rings is 1. The van der Waals surface area contributed by atoms with Crippen LogP contribution in [0.15, 0.2) is 41.3 Å². The zero-order valence-electron chi connectivity index (χ0n) is 17.9. The number of aryl methyl sites for hydroxylation is 2. The standard InChI is InChI=1S/C24H29N3O4/c1-17(28)26-12-10-21-19(15-26)16-27(11-9-18-6-3-2-4-7-18)24(30)22(21)23(29)25-14-20-8-5-13-31-20/h2-4,6-7,16,20H,5,8-15H2,1H3,(H,25,29). The minimum Gasteiger partial charge on any atom is -0.376 e. The average Bonchev–Trinajstić information content (AvgIpc) is 3.30. The fraction of sp³-hybridized carbons (Fsp3) is 0.458.